The van der Waals surface area contributed by atoms with E-state index in [1.165, 1.54) is 0 Å². The van der Waals surface area contributed by atoms with Crippen molar-refractivity contribution in [3.8, 4) is 0 Å². The SMILES string of the molecule is CC(=O)c1ccc(N2CCN(C(=O)CNC(=O)Cc3cccc4ccccc34)CC2)cc1. The fraction of sp³-hybridized carbons (Fsp3) is 0.269. The molecule has 0 atom stereocenters. The fourth-order valence-electron chi connectivity index (χ4n) is 4.09. The number of ketones is 1. The van der Waals surface area contributed by atoms with E-state index >= 15 is 0 Å². The van der Waals surface area contributed by atoms with E-state index in [0.717, 1.165) is 35.1 Å². The van der Waals surface area contributed by atoms with Crippen LogP contribution in [0.2, 0.25) is 0 Å². The van der Waals surface area contributed by atoms with Crippen LogP contribution in [0.15, 0.2) is 66.7 Å². The Hall–Kier alpha value is -3.67. The maximum absolute atomic E-state index is 12.6. The van der Waals surface area contributed by atoms with Crippen molar-refractivity contribution in [1.29, 1.82) is 0 Å². The summed E-state index contributed by atoms with van der Waals surface area (Å²) in [5.41, 5.74) is 2.70. The second kappa shape index (κ2) is 9.64. The first-order chi connectivity index (χ1) is 15.5. The van der Waals surface area contributed by atoms with E-state index in [-0.39, 0.29) is 30.6 Å². The van der Waals surface area contributed by atoms with Crippen molar-refractivity contribution < 1.29 is 14.4 Å². The molecule has 0 bridgehead atoms. The number of hydrogen-bond acceptors (Lipinski definition) is 4. The molecule has 32 heavy (non-hydrogen) atoms. The number of amides is 2. The smallest absolute Gasteiger partial charge is 0.242 e. The highest BCUT2D eigenvalue weighted by Crippen LogP contribution is 2.19. The molecule has 0 radical (unpaired) electrons. The second-order valence-corrected chi connectivity index (χ2v) is 8.06. The number of piperazine rings is 1. The van der Waals surface area contributed by atoms with E-state index in [1.54, 1.807) is 11.8 Å². The second-order valence-electron chi connectivity index (χ2n) is 8.06. The summed E-state index contributed by atoms with van der Waals surface area (Å²) in [6.45, 7) is 4.21. The molecular formula is C26H27N3O3. The van der Waals surface area contributed by atoms with Crippen molar-refractivity contribution in [3.63, 3.8) is 0 Å². The minimum Gasteiger partial charge on any atom is -0.368 e. The van der Waals surface area contributed by atoms with Crippen molar-refractivity contribution in [2.24, 2.45) is 0 Å². The van der Waals surface area contributed by atoms with Crippen molar-refractivity contribution >= 4 is 34.1 Å². The van der Waals surface area contributed by atoms with Crippen molar-refractivity contribution in [3.05, 3.63) is 77.9 Å². The first-order valence-electron chi connectivity index (χ1n) is 10.9. The number of anilines is 1. The van der Waals surface area contributed by atoms with Crippen molar-refractivity contribution in [1.82, 2.24) is 10.2 Å². The lowest BCUT2D eigenvalue weighted by molar-refractivity contribution is -0.133. The lowest BCUT2D eigenvalue weighted by atomic mass is 10.0. The van der Waals surface area contributed by atoms with Crippen LogP contribution in [0.4, 0.5) is 5.69 Å². The van der Waals surface area contributed by atoms with Crippen LogP contribution < -0.4 is 10.2 Å². The lowest BCUT2D eigenvalue weighted by Gasteiger charge is -2.36. The van der Waals surface area contributed by atoms with E-state index in [4.69, 9.17) is 0 Å². The van der Waals surface area contributed by atoms with Gasteiger partial charge in [-0.15, -0.1) is 0 Å². The Morgan fingerprint density at radius 3 is 2.25 bits per heavy atom. The van der Waals surface area contributed by atoms with Crippen LogP contribution in [0, 0.1) is 0 Å². The van der Waals surface area contributed by atoms with Gasteiger partial charge in [-0.3, -0.25) is 14.4 Å². The van der Waals surface area contributed by atoms with Crippen LogP contribution >= 0.6 is 0 Å². The highest BCUT2D eigenvalue weighted by molar-refractivity contribution is 5.94. The van der Waals surface area contributed by atoms with Gasteiger partial charge in [0, 0.05) is 37.4 Å². The molecule has 0 aliphatic carbocycles. The zero-order valence-electron chi connectivity index (χ0n) is 18.2. The van der Waals surface area contributed by atoms with Crippen molar-refractivity contribution in [2.45, 2.75) is 13.3 Å². The van der Waals surface area contributed by atoms with Gasteiger partial charge in [-0.1, -0.05) is 42.5 Å². The molecular weight excluding hydrogens is 402 g/mol. The first-order valence-corrected chi connectivity index (χ1v) is 10.9. The minimum atomic E-state index is -0.154. The Kier molecular flexibility index (Phi) is 6.50. The van der Waals surface area contributed by atoms with Crippen LogP contribution in [0.5, 0.6) is 0 Å². The van der Waals surface area contributed by atoms with Gasteiger partial charge in [0.2, 0.25) is 11.8 Å². The van der Waals surface area contributed by atoms with Gasteiger partial charge in [0.1, 0.15) is 0 Å². The summed E-state index contributed by atoms with van der Waals surface area (Å²) >= 11 is 0. The quantitative estimate of drug-likeness (QED) is 0.612. The lowest BCUT2D eigenvalue weighted by Crippen LogP contribution is -2.51. The summed E-state index contributed by atoms with van der Waals surface area (Å²) in [5, 5.41) is 4.94. The molecule has 4 rings (SSSR count). The Bertz CT molecular complexity index is 1130. The van der Waals surface area contributed by atoms with Crippen molar-refractivity contribution in [2.75, 3.05) is 37.6 Å². The van der Waals surface area contributed by atoms with E-state index in [0.29, 0.717) is 18.7 Å². The molecule has 3 aromatic carbocycles. The molecule has 1 saturated heterocycles. The largest absolute Gasteiger partial charge is 0.368 e. The Labute approximate surface area is 187 Å². The number of fused-ring (bicyclic) bond motifs is 1. The molecule has 0 unspecified atom stereocenters. The van der Waals surface area contributed by atoms with Crippen LogP contribution in [0.1, 0.15) is 22.8 Å². The Morgan fingerprint density at radius 2 is 1.53 bits per heavy atom. The number of rotatable bonds is 6. The number of carbonyl (C=O) groups excluding carboxylic acids is 3. The van der Waals surface area contributed by atoms with Gasteiger partial charge < -0.3 is 15.1 Å². The summed E-state index contributed by atoms with van der Waals surface area (Å²) in [7, 11) is 0. The fourth-order valence-corrected chi connectivity index (χ4v) is 4.09. The summed E-state index contributed by atoms with van der Waals surface area (Å²) in [6, 6.07) is 21.5. The van der Waals surface area contributed by atoms with Gasteiger partial charge in [0.05, 0.1) is 13.0 Å². The monoisotopic (exact) mass is 429 g/mol. The molecule has 1 aliphatic rings. The summed E-state index contributed by atoms with van der Waals surface area (Å²) < 4.78 is 0. The number of carbonyl (C=O) groups is 3. The predicted molar refractivity (Wildman–Crippen MR) is 126 cm³/mol. The molecule has 1 aliphatic heterocycles. The molecule has 0 spiro atoms. The third-order valence-corrected chi connectivity index (χ3v) is 5.94. The van der Waals surface area contributed by atoms with E-state index in [2.05, 4.69) is 10.2 Å². The van der Waals surface area contributed by atoms with Crippen LogP contribution in [0.25, 0.3) is 10.8 Å². The van der Waals surface area contributed by atoms with Gasteiger partial charge in [-0.05, 0) is 47.5 Å². The van der Waals surface area contributed by atoms with Gasteiger partial charge in [0.25, 0.3) is 0 Å². The molecule has 0 saturated carbocycles. The molecule has 3 aromatic rings. The molecule has 1 fully saturated rings. The topological polar surface area (TPSA) is 69.7 Å². The number of nitrogens with zero attached hydrogens (tertiary/aromatic N) is 2. The van der Waals surface area contributed by atoms with E-state index < -0.39 is 0 Å². The zero-order valence-corrected chi connectivity index (χ0v) is 18.2. The maximum Gasteiger partial charge on any atom is 0.242 e. The zero-order chi connectivity index (χ0) is 22.5. The molecule has 0 aromatic heterocycles. The molecule has 164 valence electrons. The normalized spacial score (nSPS) is 13.8. The molecule has 1 heterocycles. The molecule has 6 nitrogen and oxygen atoms in total. The first kappa shape index (κ1) is 21.6. The average Bonchev–Trinajstić information content (AvgIpc) is 2.83. The van der Waals surface area contributed by atoms with Gasteiger partial charge in [-0.25, -0.2) is 0 Å². The summed E-state index contributed by atoms with van der Waals surface area (Å²) in [5.74, 6) is -0.170. The van der Waals surface area contributed by atoms with Gasteiger partial charge in [0.15, 0.2) is 5.78 Å². The van der Waals surface area contributed by atoms with E-state index in [1.807, 2.05) is 66.7 Å². The number of Topliss-reactive ketones (excluding diaryl/α,β-unsaturated/α-hetero) is 1. The molecule has 1 N–H and O–H groups in total. The van der Waals surface area contributed by atoms with E-state index in [9.17, 15) is 14.4 Å². The third kappa shape index (κ3) is 4.97. The minimum absolute atomic E-state index is 0.0108. The maximum atomic E-state index is 12.6. The predicted octanol–water partition coefficient (Wildman–Crippen LogP) is 3.05. The molecule has 2 amide bonds. The Morgan fingerprint density at radius 1 is 0.844 bits per heavy atom. The highest BCUT2D eigenvalue weighted by Gasteiger charge is 2.21. The number of hydrogen-bond donors (Lipinski definition) is 1. The van der Waals surface area contributed by atoms with Crippen LogP contribution in [0.3, 0.4) is 0 Å². The van der Waals surface area contributed by atoms with Crippen LogP contribution in [-0.2, 0) is 16.0 Å². The highest BCUT2D eigenvalue weighted by atomic mass is 16.2. The van der Waals surface area contributed by atoms with Gasteiger partial charge in [-0.2, -0.15) is 0 Å². The number of nitrogens with one attached hydrogen (secondary N) is 1. The Balaban J connectivity index is 1.26. The summed E-state index contributed by atoms with van der Waals surface area (Å²) in [6.07, 6.45) is 0.249. The summed E-state index contributed by atoms with van der Waals surface area (Å²) in [4.78, 5) is 40.5. The van der Waals surface area contributed by atoms with Crippen LogP contribution in [-0.4, -0.2) is 55.2 Å². The average molecular weight is 430 g/mol. The number of benzene rings is 3. The third-order valence-electron chi connectivity index (χ3n) is 5.94. The standard InChI is InChI=1S/C26H27N3O3/c1-19(30)20-9-11-23(12-10-20)28-13-15-29(16-14-28)26(32)18-27-25(31)17-22-7-4-6-21-5-2-3-8-24(21)22/h2-12H,13-18H2,1H3,(H,27,31). The molecule has 6 heteroatoms. The van der Waals surface area contributed by atoms with Gasteiger partial charge >= 0.3 is 0 Å².